The smallest absolute Gasteiger partial charge is 0.146 e. The molecule has 1 atom stereocenters. The predicted octanol–water partition coefficient (Wildman–Crippen LogP) is 3.92. The van der Waals surface area contributed by atoms with Gasteiger partial charge in [0.05, 0.1) is 5.69 Å². The molecule has 1 heterocycles. The van der Waals surface area contributed by atoms with Gasteiger partial charge in [0.15, 0.2) is 0 Å². The van der Waals surface area contributed by atoms with E-state index >= 15 is 0 Å². The molecule has 0 bridgehead atoms. The maximum absolute atomic E-state index is 13.4. The third-order valence-corrected chi connectivity index (χ3v) is 3.17. The Bertz CT molecular complexity index is 335. The quantitative estimate of drug-likeness (QED) is 0.738. The van der Waals surface area contributed by atoms with Crippen molar-refractivity contribution in [2.75, 3.05) is 11.9 Å². The van der Waals surface area contributed by atoms with Crippen LogP contribution in [0, 0.1) is 5.82 Å². The highest BCUT2D eigenvalue weighted by molar-refractivity contribution is 5.58. The number of anilines is 1. The zero-order valence-corrected chi connectivity index (χ0v) is 9.22. The third-order valence-electron chi connectivity index (χ3n) is 3.17. The summed E-state index contributed by atoms with van der Waals surface area (Å²) in [4.78, 5) is 0. The minimum atomic E-state index is -0.106. The summed E-state index contributed by atoms with van der Waals surface area (Å²) in [5.41, 5.74) is 1.91. The lowest BCUT2D eigenvalue weighted by atomic mass is 9.95. The van der Waals surface area contributed by atoms with E-state index in [1.807, 2.05) is 6.07 Å². The molecule has 1 N–H and O–H groups in total. The number of unbranched alkanes of at least 4 members (excludes halogenated alkanes) is 2. The van der Waals surface area contributed by atoms with Crippen LogP contribution in [0.15, 0.2) is 18.2 Å². The first kappa shape index (κ1) is 10.5. The minimum absolute atomic E-state index is 0.106. The summed E-state index contributed by atoms with van der Waals surface area (Å²) >= 11 is 0. The monoisotopic (exact) mass is 207 g/mol. The molecule has 0 saturated carbocycles. The Morgan fingerprint density at radius 3 is 3.07 bits per heavy atom. The first-order valence-corrected chi connectivity index (χ1v) is 5.85. The van der Waals surface area contributed by atoms with Crippen molar-refractivity contribution in [1.82, 2.24) is 0 Å². The molecule has 0 saturated heterocycles. The maximum Gasteiger partial charge on any atom is 0.146 e. The topological polar surface area (TPSA) is 12.0 Å². The summed E-state index contributed by atoms with van der Waals surface area (Å²) in [6, 6.07) is 5.39. The van der Waals surface area contributed by atoms with Gasteiger partial charge in [-0.2, -0.15) is 0 Å². The molecule has 1 aromatic rings. The van der Waals surface area contributed by atoms with Crippen LogP contribution in [-0.2, 0) is 0 Å². The molecule has 0 spiro atoms. The normalized spacial score (nSPS) is 18.7. The van der Waals surface area contributed by atoms with Crippen molar-refractivity contribution < 1.29 is 4.39 Å². The second-order valence-corrected chi connectivity index (χ2v) is 4.28. The first-order valence-electron chi connectivity index (χ1n) is 5.85. The van der Waals surface area contributed by atoms with Crippen LogP contribution in [0.2, 0.25) is 0 Å². The van der Waals surface area contributed by atoms with Crippen LogP contribution in [0.4, 0.5) is 10.1 Å². The molecule has 1 aliphatic rings. The van der Waals surface area contributed by atoms with Gasteiger partial charge in [0.25, 0.3) is 0 Å². The molecule has 0 radical (unpaired) electrons. The average Bonchev–Trinajstić information content (AvgIpc) is 2.64. The van der Waals surface area contributed by atoms with Gasteiger partial charge in [0, 0.05) is 12.5 Å². The standard InChI is InChI=1S/C13H18FN/c1-2-3-4-6-10-9-15-13-11(10)7-5-8-12(13)14/h5,7-8,10,15H,2-4,6,9H2,1H3. The van der Waals surface area contributed by atoms with Crippen molar-refractivity contribution >= 4 is 5.69 Å². The first-order chi connectivity index (χ1) is 7.33. The van der Waals surface area contributed by atoms with Gasteiger partial charge in [-0.1, -0.05) is 38.3 Å². The molecule has 1 unspecified atom stereocenters. The van der Waals surface area contributed by atoms with Crippen LogP contribution in [0.1, 0.15) is 44.1 Å². The summed E-state index contributed by atoms with van der Waals surface area (Å²) in [7, 11) is 0. The lowest BCUT2D eigenvalue weighted by molar-refractivity contribution is 0.595. The largest absolute Gasteiger partial charge is 0.382 e. The fourth-order valence-corrected chi connectivity index (χ4v) is 2.30. The zero-order valence-electron chi connectivity index (χ0n) is 9.22. The maximum atomic E-state index is 13.4. The van der Waals surface area contributed by atoms with Gasteiger partial charge >= 0.3 is 0 Å². The molecule has 1 aliphatic heterocycles. The van der Waals surface area contributed by atoms with Crippen molar-refractivity contribution in [1.29, 1.82) is 0 Å². The van der Waals surface area contributed by atoms with Gasteiger partial charge in [0.2, 0.25) is 0 Å². The highest BCUT2D eigenvalue weighted by atomic mass is 19.1. The fraction of sp³-hybridized carbons (Fsp3) is 0.538. The highest BCUT2D eigenvalue weighted by Gasteiger charge is 2.23. The van der Waals surface area contributed by atoms with Gasteiger partial charge < -0.3 is 5.32 Å². The highest BCUT2D eigenvalue weighted by Crippen LogP contribution is 2.36. The Labute approximate surface area is 90.7 Å². The van der Waals surface area contributed by atoms with Crippen molar-refractivity contribution in [2.45, 2.75) is 38.5 Å². The van der Waals surface area contributed by atoms with Gasteiger partial charge in [-0.3, -0.25) is 0 Å². The van der Waals surface area contributed by atoms with Crippen molar-refractivity contribution in [3.05, 3.63) is 29.6 Å². The van der Waals surface area contributed by atoms with Gasteiger partial charge in [0.1, 0.15) is 5.82 Å². The second kappa shape index (κ2) is 4.65. The van der Waals surface area contributed by atoms with Crippen LogP contribution in [0.5, 0.6) is 0 Å². The van der Waals surface area contributed by atoms with Crippen LogP contribution < -0.4 is 5.32 Å². The summed E-state index contributed by atoms with van der Waals surface area (Å²) < 4.78 is 13.4. The predicted molar refractivity (Wildman–Crippen MR) is 61.8 cm³/mol. The summed E-state index contributed by atoms with van der Waals surface area (Å²) in [5.74, 6) is 0.410. The molecule has 0 amide bonds. The zero-order chi connectivity index (χ0) is 10.7. The van der Waals surface area contributed by atoms with Gasteiger partial charge in [-0.25, -0.2) is 4.39 Å². The van der Waals surface area contributed by atoms with E-state index < -0.39 is 0 Å². The van der Waals surface area contributed by atoms with E-state index in [1.54, 1.807) is 0 Å². The average molecular weight is 207 g/mol. The summed E-state index contributed by atoms with van der Waals surface area (Å²) in [5, 5.41) is 3.17. The molecule has 82 valence electrons. The number of hydrogen-bond donors (Lipinski definition) is 1. The van der Waals surface area contributed by atoms with E-state index in [9.17, 15) is 4.39 Å². The van der Waals surface area contributed by atoms with E-state index in [0.717, 1.165) is 12.2 Å². The van der Waals surface area contributed by atoms with Gasteiger partial charge in [-0.15, -0.1) is 0 Å². The number of hydrogen-bond acceptors (Lipinski definition) is 1. The number of para-hydroxylation sites is 1. The van der Waals surface area contributed by atoms with E-state index in [2.05, 4.69) is 18.3 Å². The van der Waals surface area contributed by atoms with Crippen LogP contribution >= 0.6 is 0 Å². The SMILES string of the molecule is CCCCCC1CNc2c(F)cccc21. The molecule has 1 aromatic carbocycles. The Morgan fingerprint density at radius 2 is 2.27 bits per heavy atom. The molecule has 0 fully saturated rings. The Kier molecular flexibility index (Phi) is 3.24. The Morgan fingerprint density at radius 1 is 1.40 bits per heavy atom. The van der Waals surface area contributed by atoms with Crippen LogP contribution in [0.25, 0.3) is 0 Å². The fourth-order valence-electron chi connectivity index (χ4n) is 2.30. The third kappa shape index (κ3) is 2.14. The van der Waals surface area contributed by atoms with E-state index in [0.29, 0.717) is 5.92 Å². The Balaban J connectivity index is 2.05. The number of benzene rings is 1. The molecule has 15 heavy (non-hydrogen) atoms. The lowest BCUT2D eigenvalue weighted by Crippen LogP contribution is -2.01. The molecule has 2 heteroatoms. The number of nitrogens with one attached hydrogen (secondary N) is 1. The number of halogens is 1. The van der Waals surface area contributed by atoms with Crippen molar-refractivity contribution in [3.8, 4) is 0 Å². The molecule has 2 rings (SSSR count). The lowest BCUT2D eigenvalue weighted by Gasteiger charge is -2.09. The molecule has 0 aromatic heterocycles. The van der Waals surface area contributed by atoms with Crippen molar-refractivity contribution in [3.63, 3.8) is 0 Å². The van der Waals surface area contributed by atoms with Crippen LogP contribution in [0.3, 0.4) is 0 Å². The summed E-state index contributed by atoms with van der Waals surface area (Å²) in [6.45, 7) is 3.11. The van der Waals surface area contributed by atoms with E-state index in [-0.39, 0.29) is 5.82 Å². The molecule has 0 aliphatic carbocycles. The molecular weight excluding hydrogens is 189 g/mol. The number of fused-ring (bicyclic) bond motifs is 1. The number of rotatable bonds is 4. The Hall–Kier alpha value is -1.05. The molecule has 1 nitrogen and oxygen atoms in total. The van der Waals surface area contributed by atoms with Gasteiger partial charge in [-0.05, 0) is 18.1 Å². The van der Waals surface area contributed by atoms with Crippen molar-refractivity contribution in [2.24, 2.45) is 0 Å². The summed E-state index contributed by atoms with van der Waals surface area (Å²) in [6.07, 6.45) is 4.95. The van der Waals surface area contributed by atoms with E-state index in [1.165, 1.54) is 37.3 Å². The second-order valence-electron chi connectivity index (χ2n) is 4.28. The van der Waals surface area contributed by atoms with E-state index in [4.69, 9.17) is 0 Å². The van der Waals surface area contributed by atoms with Crippen LogP contribution in [-0.4, -0.2) is 6.54 Å². The molecular formula is C13H18FN. The minimum Gasteiger partial charge on any atom is -0.382 e.